The standard InChI is InChI=1S/C18H19N3O5S/c1-26-18(23)15-4-2-3-5-16(15)20-14-8-12(9-19-10-14)17(22)21-13-6-7-27(24,25)11-13/h2-5,8-10,13,20H,6-7,11H2,1H3,(H,21,22). The maximum Gasteiger partial charge on any atom is 0.339 e. The first-order chi connectivity index (χ1) is 12.9. The van der Waals surface area contributed by atoms with Crippen molar-refractivity contribution in [1.29, 1.82) is 0 Å². The van der Waals surface area contributed by atoms with Crippen LogP contribution in [0.15, 0.2) is 42.7 Å². The highest BCUT2D eigenvalue weighted by atomic mass is 32.2. The highest BCUT2D eigenvalue weighted by Gasteiger charge is 2.29. The Morgan fingerprint density at radius 3 is 2.70 bits per heavy atom. The molecule has 1 unspecified atom stereocenters. The zero-order valence-corrected chi connectivity index (χ0v) is 15.5. The van der Waals surface area contributed by atoms with Crippen LogP contribution in [-0.4, -0.2) is 49.9 Å². The number of rotatable bonds is 5. The molecule has 27 heavy (non-hydrogen) atoms. The summed E-state index contributed by atoms with van der Waals surface area (Å²) in [5, 5.41) is 5.77. The fourth-order valence-electron chi connectivity index (χ4n) is 2.85. The van der Waals surface area contributed by atoms with Crippen molar-refractivity contribution in [2.24, 2.45) is 0 Å². The molecule has 0 spiro atoms. The Morgan fingerprint density at radius 2 is 2.00 bits per heavy atom. The van der Waals surface area contributed by atoms with E-state index >= 15 is 0 Å². The Labute approximate surface area is 156 Å². The number of sulfone groups is 1. The number of hydrogen-bond donors (Lipinski definition) is 2. The van der Waals surface area contributed by atoms with Crippen molar-refractivity contribution in [2.45, 2.75) is 12.5 Å². The van der Waals surface area contributed by atoms with Gasteiger partial charge in [0.15, 0.2) is 9.84 Å². The zero-order valence-electron chi connectivity index (χ0n) is 14.6. The second kappa shape index (κ2) is 7.75. The lowest BCUT2D eigenvalue weighted by Crippen LogP contribution is -2.35. The number of nitrogens with zero attached hydrogens (tertiary/aromatic N) is 1. The van der Waals surface area contributed by atoms with Crippen molar-refractivity contribution >= 4 is 33.1 Å². The molecule has 1 aromatic carbocycles. The van der Waals surface area contributed by atoms with E-state index in [1.807, 2.05) is 0 Å². The van der Waals surface area contributed by atoms with Gasteiger partial charge < -0.3 is 15.4 Å². The predicted molar refractivity (Wildman–Crippen MR) is 99.8 cm³/mol. The van der Waals surface area contributed by atoms with E-state index in [0.29, 0.717) is 28.9 Å². The molecule has 1 saturated heterocycles. The number of esters is 1. The third-order valence-electron chi connectivity index (χ3n) is 4.18. The Morgan fingerprint density at radius 1 is 1.22 bits per heavy atom. The summed E-state index contributed by atoms with van der Waals surface area (Å²) in [4.78, 5) is 28.3. The minimum Gasteiger partial charge on any atom is -0.465 e. The van der Waals surface area contributed by atoms with Crippen molar-refractivity contribution in [3.05, 3.63) is 53.9 Å². The fraction of sp³-hybridized carbons (Fsp3) is 0.278. The lowest BCUT2D eigenvalue weighted by molar-refractivity contribution is 0.0601. The number of ether oxygens (including phenoxy) is 1. The Kier molecular flexibility index (Phi) is 5.41. The topological polar surface area (TPSA) is 114 Å². The highest BCUT2D eigenvalue weighted by molar-refractivity contribution is 7.91. The lowest BCUT2D eigenvalue weighted by Gasteiger charge is -2.13. The van der Waals surface area contributed by atoms with E-state index < -0.39 is 21.7 Å². The predicted octanol–water partition coefficient (Wildman–Crippen LogP) is 1.53. The number of carbonyl (C=O) groups excluding carboxylic acids is 2. The van der Waals surface area contributed by atoms with E-state index in [0.717, 1.165) is 0 Å². The Bertz CT molecular complexity index is 974. The van der Waals surface area contributed by atoms with Crippen LogP contribution in [0.1, 0.15) is 27.1 Å². The van der Waals surface area contributed by atoms with E-state index in [1.54, 1.807) is 30.3 Å². The van der Waals surface area contributed by atoms with Crippen LogP contribution in [0.25, 0.3) is 0 Å². The van der Waals surface area contributed by atoms with Gasteiger partial charge in [0.25, 0.3) is 5.91 Å². The van der Waals surface area contributed by atoms with Crippen LogP contribution in [0.3, 0.4) is 0 Å². The molecule has 9 heteroatoms. The molecule has 3 rings (SSSR count). The Balaban J connectivity index is 1.75. The number of methoxy groups -OCH3 is 1. The summed E-state index contributed by atoms with van der Waals surface area (Å²) in [6, 6.07) is 8.01. The molecule has 1 aliphatic heterocycles. The van der Waals surface area contributed by atoms with Crippen molar-refractivity contribution in [1.82, 2.24) is 10.3 Å². The minimum atomic E-state index is -3.07. The number of aromatic nitrogens is 1. The van der Waals surface area contributed by atoms with Gasteiger partial charge in [-0.3, -0.25) is 9.78 Å². The molecule has 0 bridgehead atoms. The molecule has 2 heterocycles. The average Bonchev–Trinajstić information content (AvgIpc) is 3.00. The molecule has 1 amide bonds. The zero-order chi connectivity index (χ0) is 19.4. The largest absolute Gasteiger partial charge is 0.465 e. The average molecular weight is 389 g/mol. The Hall–Kier alpha value is -2.94. The number of amides is 1. The van der Waals surface area contributed by atoms with E-state index in [2.05, 4.69) is 15.6 Å². The lowest BCUT2D eigenvalue weighted by atomic mass is 10.1. The van der Waals surface area contributed by atoms with Crippen LogP contribution >= 0.6 is 0 Å². The highest BCUT2D eigenvalue weighted by Crippen LogP contribution is 2.22. The van der Waals surface area contributed by atoms with Crippen LogP contribution in [0.5, 0.6) is 0 Å². The summed E-state index contributed by atoms with van der Waals surface area (Å²) >= 11 is 0. The number of pyridine rings is 1. The molecule has 0 aliphatic carbocycles. The van der Waals surface area contributed by atoms with Crippen molar-refractivity contribution in [3.8, 4) is 0 Å². The van der Waals surface area contributed by atoms with Gasteiger partial charge in [-0.2, -0.15) is 0 Å². The SMILES string of the molecule is COC(=O)c1ccccc1Nc1cncc(C(=O)NC2CCS(=O)(=O)C2)c1. The third kappa shape index (κ3) is 4.62. The molecule has 1 fully saturated rings. The fourth-order valence-corrected chi connectivity index (χ4v) is 4.52. The first-order valence-corrected chi connectivity index (χ1v) is 10.1. The van der Waals surface area contributed by atoms with Gasteiger partial charge in [-0.1, -0.05) is 12.1 Å². The summed E-state index contributed by atoms with van der Waals surface area (Å²) in [5.74, 6) is -0.837. The van der Waals surface area contributed by atoms with Crippen molar-refractivity contribution in [2.75, 3.05) is 23.9 Å². The quantitative estimate of drug-likeness (QED) is 0.745. The second-order valence-corrected chi connectivity index (χ2v) is 8.43. The van der Waals surface area contributed by atoms with E-state index in [4.69, 9.17) is 4.74 Å². The van der Waals surface area contributed by atoms with Gasteiger partial charge in [-0.05, 0) is 24.6 Å². The summed E-state index contributed by atoms with van der Waals surface area (Å²) < 4.78 is 27.8. The van der Waals surface area contributed by atoms with Gasteiger partial charge in [0.1, 0.15) is 0 Å². The maximum absolute atomic E-state index is 12.4. The summed E-state index contributed by atoms with van der Waals surface area (Å²) in [6.45, 7) is 0. The van der Waals surface area contributed by atoms with Gasteiger partial charge in [0.2, 0.25) is 0 Å². The van der Waals surface area contributed by atoms with Gasteiger partial charge in [-0.15, -0.1) is 0 Å². The van der Waals surface area contributed by atoms with E-state index in [-0.39, 0.29) is 17.5 Å². The van der Waals surface area contributed by atoms with Crippen LogP contribution < -0.4 is 10.6 Å². The normalized spacial score (nSPS) is 17.9. The minimum absolute atomic E-state index is 0.0450. The molecule has 1 aromatic heterocycles. The summed E-state index contributed by atoms with van der Waals surface area (Å²) in [7, 11) is -1.77. The molecule has 0 saturated carbocycles. The second-order valence-electron chi connectivity index (χ2n) is 6.20. The van der Waals surface area contributed by atoms with Crippen LogP contribution in [0, 0.1) is 0 Å². The summed E-state index contributed by atoms with van der Waals surface area (Å²) in [6.07, 6.45) is 3.33. The molecule has 8 nitrogen and oxygen atoms in total. The van der Waals surface area contributed by atoms with Gasteiger partial charge in [0.05, 0.1) is 47.3 Å². The monoisotopic (exact) mass is 389 g/mol. The number of hydrogen-bond acceptors (Lipinski definition) is 7. The molecular formula is C18H19N3O5S. The first kappa shape index (κ1) is 18.8. The third-order valence-corrected chi connectivity index (χ3v) is 5.95. The molecule has 0 radical (unpaired) electrons. The first-order valence-electron chi connectivity index (χ1n) is 8.28. The number of para-hydroxylation sites is 1. The number of anilines is 2. The molecule has 1 atom stereocenters. The maximum atomic E-state index is 12.4. The molecule has 1 aliphatic rings. The molecular weight excluding hydrogens is 370 g/mol. The molecule has 142 valence electrons. The van der Waals surface area contributed by atoms with E-state index in [1.165, 1.54) is 19.5 Å². The number of benzene rings is 1. The van der Waals surface area contributed by atoms with Crippen molar-refractivity contribution in [3.63, 3.8) is 0 Å². The van der Waals surface area contributed by atoms with Crippen molar-refractivity contribution < 1.29 is 22.7 Å². The smallest absolute Gasteiger partial charge is 0.339 e. The number of nitrogens with one attached hydrogen (secondary N) is 2. The van der Waals surface area contributed by atoms with Crippen LogP contribution in [0.4, 0.5) is 11.4 Å². The van der Waals surface area contributed by atoms with E-state index in [9.17, 15) is 18.0 Å². The van der Waals surface area contributed by atoms with Gasteiger partial charge >= 0.3 is 5.97 Å². The van der Waals surface area contributed by atoms with Crippen LogP contribution in [-0.2, 0) is 14.6 Å². The molecule has 2 N–H and O–H groups in total. The van der Waals surface area contributed by atoms with Gasteiger partial charge in [0, 0.05) is 12.2 Å². The van der Waals surface area contributed by atoms with Gasteiger partial charge in [-0.25, -0.2) is 13.2 Å². The number of carbonyl (C=O) groups is 2. The summed E-state index contributed by atoms with van der Waals surface area (Å²) in [5.41, 5.74) is 1.68. The van der Waals surface area contributed by atoms with Crippen LogP contribution in [0.2, 0.25) is 0 Å². The molecule has 2 aromatic rings.